The molecule has 1 saturated heterocycles. The molecule has 30 heavy (non-hydrogen) atoms. The van der Waals surface area contributed by atoms with E-state index >= 15 is 0 Å². The summed E-state index contributed by atoms with van der Waals surface area (Å²) in [6, 6.07) is 4.12. The molecule has 2 aromatic rings. The molecule has 7 nitrogen and oxygen atoms in total. The summed E-state index contributed by atoms with van der Waals surface area (Å²) in [7, 11) is 0. The first kappa shape index (κ1) is 22.1. The molecule has 1 amide bonds. The third-order valence-corrected chi connectivity index (χ3v) is 4.43. The van der Waals surface area contributed by atoms with Crippen molar-refractivity contribution in [1.82, 2.24) is 10.3 Å². The lowest BCUT2D eigenvalue weighted by Crippen LogP contribution is -2.47. The molecule has 0 bridgehead atoms. The molecular weight excluding hydrogens is 432 g/mol. The minimum atomic E-state index is -4.66. The number of alkyl carbamates (subject to hydrolysis) is 1. The second kappa shape index (κ2) is 8.62. The SMILES string of the molecule is N[C@]1(OC(=O)NCc2ncc(Nc3ccc(Cl)cc3C(F)(F)F)cc2F)CCOC1. The van der Waals surface area contributed by atoms with Gasteiger partial charge in [-0.2, -0.15) is 13.2 Å². The third kappa shape index (κ3) is 5.49. The number of nitrogens with one attached hydrogen (secondary N) is 2. The van der Waals surface area contributed by atoms with Crippen molar-refractivity contribution in [2.45, 2.75) is 24.9 Å². The molecule has 3 rings (SSSR count). The van der Waals surface area contributed by atoms with E-state index in [4.69, 9.17) is 26.8 Å². The zero-order valence-corrected chi connectivity index (χ0v) is 16.1. The van der Waals surface area contributed by atoms with E-state index in [-0.39, 0.29) is 35.2 Å². The molecule has 0 saturated carbocycles. The molecule has 1 aromatic heterocycles. The third-order valence-electron chi connectivity index (χ3n) is 4.20. The number of amides is 1. The Hall–Kier alpha value is -2.63. The Morgan fingerprint density at radius 2 is 2.13 bits per heavy atom. The lowest BCUT2D eigenvalue weighted by molar-refractivity contribution is -0.136. The van der Waals surface area contributed by atoms with Crippen LogP contribution >= 0.6 is 11.6 Å². The highest BCUT2D eigenvalue weighted by atomic mass is 35.5. The molecule has 2 heterocycles. The number of hydrogen-bond donors (Lipinski definition) is 3. The maximum Gasteiger partial charge on any atom is 0.418 e. The number of carbonyl (C=O) groups excluding carboxylic acids is 1. The van der Waals surface area contributed by atoms with Gasteiger partial charge in [0.2, 0.25) is 0 Å². The first-order chi connectivity index (χ1) is 14.1. The first-order valence-corrected chi connectivity index (χ1v) is 9.05. The van der Waals surface area contributed by atoms with Gasteiger partial charge in [0, 0.05) is 17.5 Å². The van der Waals surface area contributed by atoms with Gasteiger partial charge in [-0.15, -0.1) is 0 Å². The van der Waals surface area contributed by atoms with Crippen LogP contribution in [0.15, 0.2) is 30.5 Å². The molecule has 0 aliphatic carbocycles. The lowest BCUT2D eigenvalue weighted by Gasteiger charge is -2.22. The number of carbonyl (C=O) groups is 1. The highest BCUT2D eigenvalue weighted by molar-refractivity contribution is 6.30. The van der Waals surface area contributed by atoms with Crippen LogP contribution in [0.25, 0.3) is 0 Å². The number of pyridine rings is 1. The van der Waals surface area contributed by atoms with Crippen LogP contribution in [-0.2, 0) is 22.2 Å². The van der Waals surface area contributed by atoms with Crippen LogP contribution in [0.3, 0.4) is 0 Å². The van der Waals surface area contributed by atoms with E-state index < -0.39 is 29.4 Å². The minimum absolute atomic E-state index is 0.0179. The summed E-state index contributed by atoms with van der Waals surface area (Å²) >= 11 is 5.63. The van der Waals surface area contributed by atoms with Crippen molar-refractivity contribution in [3.63, 3.8) is 0 Å². The number of rotatable bonds is 5. The smallest absolute Gasteiger partial charge is 0.418 e. The fraction of sp³-hybridized carbons (Fsp3) is 0.333. The zero-order valence-electron chi connectivity index (χ0n) is 15.4. The largest absolute Gasteiger partial charge is 0.425 e. The van der Waals surface area contributed by atoms with Crippen molar-refractivity contribution in [1.29, 1.82) is 0 Å². The Bertz CT molecular complexity index is 936. The van der Waals surface area contributed by atoms with Crippen LogP contribution in [0, 0.1) is 5.82 Å². The van der Waals surface area contributed by atoms with E-state index in [2.05, 4.69) is 15.6 Å². The van der Waals surface area contributed by atoms with Gasteiger partial charge in [-0.3, -0.25) is 10.7 Å². The number of anilines is 2. The van der Waals surface area contributed by atoms with E-state index in [0.717, 1.165) is 24.4 Å². The number of alkyl halides is 3. The van der Waals surface area contributed by atoms with Crippen LogP contribution < -0.4 is 16.4 Å². The summed E-state index contributed by atoms with van der Waals surface area (Å²) in [6.07, 6.45) is -4.07. The predicted octanol–water partition coefficient (Wildman–Crippen LogP) is 3.94. The van der Waals surface area contributed by atoms with Crippen molar-refractivity contribution in [2.24, 2.45) is 5.73 Å². The van der Waals surface area contributed by atoms with E-state index in [0.29, 0.717) is 13.0 Å². The second-order valence-corrected chi connectivity index (χ2v) is 7.01. The molecule has 0 unspecified atom stereocenters. The summed E-state index contributed by atoms with van der Waals surface area (Å²) in [5.41, 5.74) is 3.10. The Labute approximate surface area is 173 Å². The number of hydrogen-bond acceptors (Lipinski definition) is 6. The number of nitrogens with zero attached hydrogens (tertiary/aromatic N) is 1. The number of halogens is 5. The monoisotopic (exact) mass is 448 g/mol. The Morgan fingerprint density at radius 1 is 1.37 bits per heavy atom. The fourth-order valence-electron chi connectivity index (χ4n) is 2.70. The molecular formula is C18H17ClF4N4O3. The molecule has 12 heteroatoms. The first-order valence-electron chi connectivity index (χ1n) is 8.67. The van der Waals surface area contributed by atoms with Crippen molar-refractivity contribution >= 4 is 29.1 Å². The second-order valence-electron chi connectivity index (χ2n) is 6.58. The molecule has 1 atom stereocenters. The molecule has 162 valence electrons. The van der Waals surface area contributed by atoms with Crippen molar-refractivity contribution < 1.29 is 31.8 Å². The average Bonchev–Trinajstić information content (AvgIpc) is 3.07. The van der Waals surface area contributed by atoms with Crippen LogP contribution in [0.4, 0.5) is 33.7 Å². The summed E-state index contributed by atoms with van der Waals surface area (Å²) in [5, 5.41) is 4.69. The summed E-state index contributed by atoms with van der Waals surface area (Å²) < 4.78 is 63.9. The fourth-order valence-corrected chi connectivity index (χ4v) is 2.87. The Kier molecular flexibility index (Phi) is 6.34. The van der Waals surface area contributed by atoms with Crippen LogP contribution in [0.2, 0.25) is 5.02 Å². The molecule has 4 N–H and O–H groups in total. The Balaban J connectivity index is 1.65. The van der Waals surface area contributed by atoms with E-state index in [9.17, 15) is 22.4 Å². The van der Waals surface area contributed by atoms with Gasteiger partial charge in [-0.05, 0) is 18.2 Å². The quantitative estimate of drug-likeness (QED) is 0.473. The van der Waals surface area contributed by atoms with Gasteiger partial charge in [-0.1, -0.05) is 11.6 Å². The van der Waals surface area contributed by atoms with Gasteiger partial charge in [0.15, 0.2) is 5.72 Å². The number of ether oxygens (including phenoxy) is 2. The maximum atomic E-state index is 14.3. The standard InChI is InChI=1S/C18H17ClF4N4O3/c19-10-1-2-14(12(5-10)18(21,22)23)27-11-6-13(20)15(25-7-11)8-26-16(28)30-17(24)3-4-29-9-17/h1-2,5-7,27H,3-4,8-9,24H2,(H,26,28)/t17-/m0/s1. The summed E-state index contributed by atoms with van der Waals surface area (Å²) in [5.74, 6) is -0.838. The Morgan fingerprint density at radius 3 is 2.77 bits per heavy atom. The molecule has 1 aromatic carbocycles. The van der Waals surface area contributed by atoms with Crippen molar-refractivity contribution in [3.05, 3.63) is 52.6 Å². The molecule has 1 fully saturated rings. The highest BCUT2D eigenvalue weighted by Gasteiger charge is 2.35. The minimum Gasteiger partial charge on any atom is -0.425 e. The molecule has 0 radical (unpaired) electrons. The predicted molar refractivity (Wildman–Crippen MR) is 99.6 cm³/mol. The van der Waals surface area contributed by atoms with Crippen LogP contribution in [0.5, 0.6) is 0 Å². The van der Waals surface area contributed by atoms with Gasteiger partial charge < -0.3 is 20.1 Å². The van der Waals surface area contributed by atoms with Gasteiger partial charge in [-0.25, -0.2) is 9.18 Å². The van der Waals surface area contributed by atoms with Gasteiger partial charge >= 0.3 is 12.3 Å². The molecule has 0 spiro atoms. The van der Waals surface area contributed by atoms with Crippen molar-refractivity contribution in [3.8, 4) is 0 Å². The highest BCUT2D eigenvalue weighted by Crippen LogP contribution is 2.37. The number of aromatic nitrogens is 1. The normalized spacial score (nSPS) is 18.9. The van der Waals surface area contributed by atoms with Crippen molar-refractivity contribution in [2.75, 3.05) is 18.5 Å². The van der Waals surface area contributed by atoms with E-state index in [1.54, 1.807) is 0 Å². The lowest BCUT2D eigenvalue weighted by atomic mass is 10.1. The summed E-state index contributed by atoms with van der Waals surface area (Å²) in [4.78, 5) is 15.6. The van der Waals surface area contributed by atoms with E-state index in [1.165, 1.54) is 6.07 Å². The van der Waals surface area contributed by atoms with E-state index in [1.807, 2.05) is 0 Å². The van der Waals surface area contributed by atoms with Gasteiger partial charge in [0.05, 0.1) is 42.0 Å². The maximum absolute atomic E-state index is 14.3. The average molecular weight is 449 g/mol. The van der Waals surface area contributed by atoms with Crippen LogP contribution in [0.1, 0.15) is 17.7 Å². The van der Waals surface area contributed by atoms with Crippen LogP contribution in [-0.4, -0.2) is 30.0 Å². The number of nitrogens with two attached hydrogens (primary N) is 1. The molecule has 1 aliphatic rings. The molecule has 1 aliphatic heterocycles. The topological polar surface area (TPSA) is 98.5 Å². The zero-order chi connectivity index (χ0) is 21.9. The number of benzene rings is 1. The van der Waals surface area contributed by atoms with Gasteiger partial charge in [0.1, 0.15) is 12.4 Å². The summed E-state index contributed by atoms with van der Waals surface area (Å²) in [6.45, 7) is 0.104. The van der Waals surface area contributed by atoms with Gasteiger partial charge in [0.25, 0.3) is 0 Å².